The summed E-state index contributed by atoms with van der Waals surface area (Å²) in [6.07, 6.45) is 0.761. The zero-order valence-electron chi connectivity index (χ0n) is 11.2. The second kappa shape index (κ2) is 6.58. The van der Waals surface area contributed by atoms with E-state index in [2.05, 4.69) is 5.32 Å². The van der Waals surface area contributed by atoms with Crippen molar-refractivity contribution in [2.45, 2.75) is 25.8 Å². The Bertz CT molecular complexity index is 423. The number of hydrogen-bond donors (Lipinski definition) is 4. The number of nitrogens with two attached hydrogens (primary N) is 1. The average Bonchev–Trinajstić information content (AvgIpc) is 2.40. The molecular formula is C13H21FN2O3. The first-order chi connectivity index (χ1) is 8.95. The minimum absolute atomic E-state index is 0.0942. The van der Waals surface area contributed by atoms with Crippen LogP contribution in [-0.2, 0) is 0 Å². The Morgan fingerprint density at radius 3 is 2.53 bits per heavy atom. The van der Waals surface area contributed by atoms with E-state index in [9.17, 15) is 14.6 Å². The molecule has 0 aliphatic rings. The molecule has 1 rings (SSSR count). The van der Waals surface area contributed by atoms with Gasteiger partial charge >= 0.3 is 0 Å². The number of hydrogen-bond acceptors (Lipinski definition) is 5. The van der Waals surface area contributed by atoms with Gasteiger partial charge in [-0.2, -0.15) is 0 Å². The van der Waals surface area contributed by atoms with Crippen LogP contribution in [0.25, 0.3) is 0 Å². The fraction of sp³-hybridized carbons (Fsp3) is 0.538. The number of aliphatic hydroxyl groups excluding tert-OH is 2. The standard InChI is InChI=1S/C13H21FN2O3/c1-3-4-19-12-6-11(10(15)5-9(12)14)16-13(2,7-17)8-18/h5-6,16-18H,3-4,7-8,15H2,1-2H3. The van der Waals surface area contributed by atoms with Gasteiger partial charge in [0.1, 0.15) is 0 Å². The van der Waals surface area contributed by atoms with Gasteiger partial charge in [0.2, 0.25) is 0 Å². The molecule has 5 N–H and O–H groups in total. The maximum absolute atomic E-state index is 13.6. The Morgan fingerprint density at radius 2 is 2.00 bits per heavy atom. The third-order valence-electron chi connectivity index (χ3n) is 2.70. The maximum Gasteiger partial charge on any atom is 0.167 e. The number of nitrogens with one attached hydrogen (secondary N) is 1. The summed E-state index contributed by atoms with van der Waals surface area (Å²) in [4.78, 5) is 0. The van der Waals surface area contributed by atoms with Gasteiger partial charge in [-0.1, -0.05) is 6.92 Å². The first-order valence-electron chi connectivity index (χ1n) is 6.17. The molecule has 0 aliphatic carbocycles. The van der Waals surface area contributed by atoms with Crippen molar-refractivity contribution < 1.29 is 19.3 Å². The largest absolute Gasteiger partial charge is 0.490 e. The number of ether oxygens (including phenoxy) is 1. The van der Waals surface area contributed by atoms with Crippen LogP contribution in [0, 0.1) is 5.82 Å². The molecule has 5 nitrogen and oxygen atoms in total. The van der Waals surface area contributed by atoms with E-state index >= 15 is 0 Å². The summed E-state index contributed by atoms with van der Waals surface area (Å²) in [5.74, 6) is -0.442. The van der Waals surface area contributed by atoms with Crippen LogP contribution >= 0.6 is 0 Å². The minimum Gasteiger partial charge on any atom is -0.490 e. The van der Waals surface area contributed by atoms with Gasteiger partial charge in [0.05, 0.1) is 36.7 Å². The third kappa shape index (κ3) is 3.97. The Labute approximate surface area is 112 Å². The molecule has 0 saturated heterocycles. The van der Waals surface area contributed by atoms with Crippen LogP contribution in [0.4, 0.5) is 15.8 Å². The number of halogens is 1. The molecule has 0 saturated carbocycles. The van der Waals surface area contributed by atoms with Crippen LogP contribution in [-0.4, -0.2) is 35.6 Å². The Morgan fingerprint density at radius 1 is 1.37 bits per heavy atom. The molecule has 1 aromatic rings. The predicted molar refractivity (Wildman–Crippen MR) is 72.8 cm³/mol. The van der Waals surface area contributed by atoms with Crippen molar-refractivity contribution in [2.24, 2.45) is 0 Å². The van der Waals surface area contributed by atoms with Gasteiger partial charge in [-0.25, -0.2) is 4.39 Å². The summed E-state index contributed by atoms with van der Waals surface area (Å²) in [6, 6.07) is 2.59. The van der Waals surface area contributed by atoms with Crippen molar-refractivity contribution in [1.82, 2.24) is 0 Å². The Balaban J connectivity index is 3.00. The molecule has 0 unspecified atom stereocenters. The summed E-state index contributed by atoms with van der Waals surface area (Å²) < 4.78 is 18.9. The lowest BCUT2D eigenvalue weighted by Gasteiger charge is -2.28. The first kappa shape index (κ1) is 15.5. The SMILES string of the molecule is CCCOc1cc(NC(C)(CO)CO)c(N)cc1F. The number of nitrogen functional groups attached to an aromatic ring is 1. The molecule has 0 aromatic heterocycles. The minimum atomic E-state index is -0.937. The average molecular weight is 272 g/mol. The molecule has 1 aromatic carbocycles. The summed E-state index contributed by atoms with van der Waals surface area (Å²) in [5.41, 5.74) is 5.38. The molecular weight excluding hydrogens is 251 g/mol. The van der Waals surface area contributed by atoms with Crippen LogP contribution in [0.1, 0.15) is 20.3 Å². The van der Waals surface area contributed by atoms with E-state index < -0.39 is 11.4 Å². The molecule has 0 heterocycles. The number of rotatable bonds is 7. The van der Waals surface area contributed by atoms with E-state index in [0.717, 1.165) is 12.5 Å². The van der Waals surface area contributed by atoms with E-state index in [1.165, 1.54) is 6.07 Å². The van der Waals surface area contributed by atoms with Gasteiger partial charge in [-0.3, -0.25) is 0 Å². The van der Waals surface area contributed by atoms with Crippen molar-refractivity contribution in [3.05, 3.63) is 17.9 Å². The molecule has 108 valence electrons. The highest BCUT2D eigenvalue weighted by molar-refractivity contribution is 5.69. The maximum atomic E-state index is 13.6. The lowest BCUT2D eigenvalue weighted by molar-refractivity contribution is 0.147. The molecule has 0 spiro atoms. The van der Waals surface area contributed by atoms with E-state index in [-0.39, 0.29) is 24.7 Å². The lowest BCUT2D eigenvalue weighted by Crippen LogP contribution is -2.42. The monoisotopic (exact) mass is 272 g/mol. The fourth-order valence-corrected chi connectivity index (χ4v) is 1.45. The third-order valence-corrected chi connectivity index (χ3v) is 2.70. The van der Waals surface area contributed by atoms with Crippen molar-refractivity contribution in [3.8, 4) is 5.75 Å². The molecule has 0 aliphatic heterocycles. The topological polar surface area (TPSA) is 87.7 Å². The van der Waals surface area contributed by atoms with E-state index in [1.807, 2.05) is 6.92 Å². The first-order valence-corrected chi connectivity index (χ1v) is 6.17. The van der Waals surface area contributed by atoms with Crippen molar-refractivity contribution in [1.29, 1.82) is 0 Å². The van der Waals surface area contributed by atoms with Crippen LogP contribution in [0.5, 0.6) is 5.75 Å². The van der Waals surface area contributed by atoms with Gasteiger partial charge < -0.3 is 26.0 Å². The highest BCUT2D eigenvalue weighted by Gasteiger charge is 2.23. The summed E-state index contributed by atoms with van der Waals surface area (Å²) in [7, 11) is 0. The van der Waals surface area contributed by atoms with Crippen molar-refractivity contribution >= 4 is 11.4 Å². The van der Waals surface area contributed by atoms with Crippen LogP contribution in [0.2, 0.25) is 0 Å². The van der Waals surface area contributed by atoms with E-state index in [4.69, 9.17) is 10.5 Å². The molecule has 0 fully saturated rings. The van der Waals surface area contributed by atoms with Crippen molar-refractivity contribution in [2.75, 3.05) is 30.9 Å². The van der Waals surface area contributed by atoms with Gasteiger partial charge in [0.15, 0.2) is 11.6 Å². The highest BCUT2D eigenvalue weighted by atomic mass is 19.1. The molecule has 0 bridgehead atoms. The summed E-state index contributed by atoms with van der Waals surface area (Å²) in [5, 5.41) is 21.4. The van der Waals surface area contributed by atoms with Crippen LogP contribution in [0.15, 0.2) is 12.1 Å². The second-order valence-corrected chi connectivity index (χ2v) is 4.72. The van der Waals surface area contributed by atoms with Crippen LogP contribution in [0.3, 0.4) is 0 Å². The van der Waals surface area contributed by atoms with Gasteiger partial charge in [-0.05, 0) is 13.3 Å². The molecule has 6 heteroatoms. The summed E-state index contributed by atoms with van der Waals surface area (Å²) >= 11 is 0. The molecule has 19 heavy (non-hydrogen) atoms. The van der Waals surface area contributed by atoms with E-state index in [0.29, 0.717) is 12.3 Å². The Hall–Kier alpha value is -1.53. The van der Waals surface area contributed by atoms with Crippen molar-refractivity contribution in [3.63, 3.8) is 0 Å². The number of anilines is 2. The van der Waals surface area contributed by atoms with Gasteiger partial charge in [-0.15, -0.1) is 0 Å². The number of benzene rings is 1. The quantitative estimate of drug-likeness (QED) is 0.563. The normalized spacial score (nSPS) is 11.4. The molecule has 0 amide bonds. The van der Waals surface area contributed by atoms with Crippen LogP contribution < -0.4 is 15.8 Å². The second-order valence-electron chi connectivity index (χ2n) is 4.72. The highest BCUT2D eigenvalue weighted by Crippen LogP contribution is 2.30. The number of aliphatic hydroxyl groups is 2. The summed E-state index contributed by atoms with van der Waals surface area (Å²) in [6.45, 7) is 3.37. The Kier molecular flexibility index (Phi) is 5.38. The zero-order chi connectivity index (χ0) is 14.5. The molecule has 0 atom stereocenters. The van der Waals surface area contributed by atoms with Gasteiger partial charge in [0, 0.05) is 12.1 Å². The smallest absolute Gasteiger partial charge is 0.167 e. The zero-order valence-corrected chi connectivity index (χ0v) is 11.2. The van der Waals surface area contributed by atoms with E-state index in [1.54, 1.807) is 6.92 Å². The molecule has 0 radical (unpaired) electrons. The fourth-order valence-electron chi connectivity index (χ4n) is 1.45. The lowest BCUT2D eigenvalue weighted by atomic mass is 10.0. The van der Waals surface area contributed by atoms with Gasteiger partial charge in [0.25, 0.3) is 0 Å². The predicted octanol–water partition coefficient (Wildman–Crippen LogP) is 1.35.